The van der Waals surface area contributed by atoms with Crippen LogP contribution in [-0.2, 0) is 11.8 Å². The lowest BCUT2D eigenvalue weighted by molar-refractivity contribution is -0.119. The molecule has 1 saturated heterocycles. The molecule has 4 N–H and O–H groups in total. The SMILES string of the molecule is CCOc1c([C@H](C)Nc2ncnc(N)c2-c2nnn(C)n2)cc(Cl)c(F)c1[C@@H]1CNC(=O)C1. The van der Waals surface area contributed by atoms with Crippen LogP contribution in [0.3, 0.4) is 0 Å². The predicted octanol–water partition coefficient (Wildman–Crippen LogP) is 2.22. The number of nitrogens with one attached hydrogen (secondary N) is 2. The number of hydrogen-bond acceptors (Lipinski definition) is 9. The van der Waals surface area contributed by atoms with Crippen LogP contribution in [0.25, 0.3) is 11.4 Å². The van der Waals surface area contributed by atoms with Gasteiger partial charge in [0.15, 0.2) is 0 Å². The Kier molecular flexibility index (Phi) is 6.27. The van der Waals surface area contributed by atoms with Gasteiger partial charge in [-0.3, -0.25) is 4.79 Å². The molecule has 0 spiro atoms. The Morgan fingerprint density at radius 1 is 1.45 bits per heavy atom. The number of rotatable bonds is 7. The molecule has 0 aliphatic carbocycles. The monoisotopic (exact) mass is 475 g/mol. The Balaban J connectivity index is 1.77. The summed E-state index contributed by atoms with van der Waals surface area (Å²) in [5.74, 6) is 0.0141. The van der Waals surface area contributed by atoms with E-state index in [1.165, 1.54) is 17.2 Å². The van der Waals surface area contributed by atoms with E-state index in [0.717, 1.165) is 0 Å². The van der Waals surface area contributed by atoms with Gasteiger partial charge in [-0.2, -0.15) is 4.80 Å². The van der Waals surface area contributed by atoms with Crippen LogP contribution in [0.4, 0.5) is 16.0 Å². The van der Waals surface area contributed by atoms with E-state index < -0.39 is 17.8 Å². The average molecular weight is 476 g/mol. The predicted molar refractivity (Wildman–Crippen MR) is 119 cm³/mol. The lowest BCUT2D eigenvalue weighted by Gasteiger charge is -2.24. The molecule has 3 aromatic rings. The van der Waals surface area contributed by atoms with Crippen LogP contribution < -0.4 is 21.1 Å². The van der Waals surface area contributed by atoms with Gasteiger partial charge in [0, 0.05) is 30.0 Å². The third kappa shape index (κ3) is 4.38. The zero-order valence-corrected chi connectivity index (χ0v) is 19.0. The second kappa shape index (κ2) is 9.14. The van der Waals surface area contributed by atoms with Crippen LogP contribution in [-0.4, -0.2) is 49.2 Å². The molecule has 0 radical (unpaired) electrons. The molecule has 1 amide bonds. The van der Waals surface area contributed by atoms with Gasteiger partial charge < -0.3 is 21.1 Å². The van der Waals surface area contributed by atoms with Gasteiger partial charge in [0.05, 0.1) is 24.7 Å². The van der Waals surface area contributed by atoms with Crippen LogP contribution >= 0.6 is 11.6 Å². The fourth-order valence-electron chi connectivity index (χ4n) is 3.85. The number of ether oxygens (including phenoxy) is 1. The normalized spacial score (nSPS) is 16.5. The fourth-order valence-corrected chi connectivity index (χ4v) is 4.07. The first kappa shape index (κ1) is 22.6. The number of carbonyl (C=O) groups excluding carboxylic acids is 1. The van der Waals surface area contributed by atoms with Gasteiger partial charge in [0.25, 0.3) is 0 Å². The smallest absolute Gasteiger partial charge is 0.220 e. The third-order valence-corrected chi connectivity index (χ3v) is 5.61. The van der Waals surface area contributed by atoms with Crippen molar-refractivity contribution in [1.29, 1.82) is 0 Å². The van der Waals surface area contributed by atoms with E-state index in [0.29, 0.717) is 35.8 Å². The molecule has 0 unspecified atom stereocenters. The first-order valence-corrected chi connectivity index (χ1v) is 10.7. The number of nitrogen functional groups attached to an aromatic ring is 1. The quantitative estimate of drug-likeness (QED) is 0.468. The van der Waals surface area contributed by atoms with Crippen LogP contribution in [0.2, 0.25) is 5.02 Å². The largest absolute Gasteiger partial charge is 0.493 e. The van der Waals surface area contributed by atoms with Crippen molar-refractivity contribution in [2.24, 2.45) is 7.05 Å². The van der Waals surface area contributed by atoms with Gasteiger partial charge in [-0.15, -0.1) is 10.2 Å². The van der Waals surface area contributed by atoms with E-state index >= 15 is 4.39 Å². The second-order valence-electron chi connectivity index (χ2n) is 7.59. The van der Waals surface area contributed by atoms with Crippen molar-refractivity contribution in [1.82, 2.24) is 35.5 Å². The molecule has 0 saturated carbocycles. The fraction of sp³-hybridized carbons (Fsp3) is 0.400. The molecule has 3 heterocycles. The number of aryl methyl sites for hydroxylation is 1. The number of anilines is 2. The highest BCUT2D eigenvalue weighted by atomic mass is 35.5. The van der Waals surface area contributed by atoms with E-state index in [-0.39, 0.29) is 34.6 Å². The minimum absolute atomic E-state index is 0.0607. The zero-order valence-electron chi connectivity index (χ0n) is 18.3. The summed E-state index contributed by atoms with van der Waals surface area (Å²) >= 11 is 6.27. The van der Waals surface area contributed by atoms with Crippen molar-refractivity contribution in [3.8, 4) is 17.1 Å². The number of nitrogens with zero attached hydrogens (tertiary/aromatic N) is 6. The topological polar surface area (TPSA) is 146 Å². The zero-order chi connectivity index (χ0) is 23.7. The molecule has 11 nitrogen and oxygen atoms in total. The van der Waals surface area contributed by atoms with Crippen LogP contribution in [0, 0.1) is 5.82 Å². The molecular weight excluding hydrogens is 453 g/mol. The summed E-state index contributed by atoms with van der Waals surface area (Å²) in [6.45, 7) is 4.26. The van der Waals surface area contributed by atoms with Crippen LogP contribution in [0.1, 0.15) is 43.4 Å². The standard InChI is InChI=1S/C20H23ClFN9O2/c1-4-33-17-11(6-12(21)16(22)14(17)10-5-13(32)24-7-10)9(2)27-19-15(18(23)25-8-26-19)20-28-30-31(3)29-20/h6,8-10H,4-5,7H2,1-3H3,(H,24,32)(H3,23,25,26,27)/t9-,10-/m0/s1. The Morgan fingerprint density at radius 2 is 2.24 bits per heavy atom. The molecule has 2 aromatic heterocycles. The van der Waals surface area contributed by atoms with E-state index in [1.54, 1.807) is 14.0 Å². The average Bonchev–Trinajstić information content (AvgIpc) is 3.39. The minimum Gasteiger partial charge on any atom is -0.493 e. The number of tetrazole rings is 1. The number of halogens is 2. The first-order valence-electron chi connectivity index (χ1n) is 10.3. The van der Waals surface area contributed by atoms with Gasteiger partial charge in [-0.1, -0.05) is 11.6 Å². The molecule has 0 bridgehead atoms. The molecule has 4 rings (SSSR count). The molecule has 2 atom stereocenters. The summed E-state index contributed by atoms with van der Waals surface area (Å²) in [4.78, 5) is 21.4. The number of nitrogens with two attached hydrogens (primary N) is 1. The van der Waals surface area contributed by atoms with Gasteiger partial charge in [0.2, 0.25) is 11.7 Å². The molecule has 1 aromatic carbocycles. The Bertz CT molecular complexity index is 1200. The van der Waals surface area contributed by atoms with Crippen LogP contribution in [0.5, 0.6) is 5.75 Å². The van der Waals surface area contributed by atoms with Gasteiger partial charge in [0.1, 0.15) is 35.1 Å². The summed E-state index contributed by atoms with van der Waals surface area (Å²) in [5, 5.41) is 18.0. The molecular formula is C20H23ClFN9O2. The Hall–Kier alpha value is -3.54. The van der Waals surface area contributed by atoms with Crippen molar-refractivity contribution in [3.63, 3.8) is 0 Å². The van der Waals surface area contributed by atoms with E-state index in [1.807, 2.05) is 6.92 Å². The lowest BCUT2D eigenvalue weighted by atomic mass is 9.92. The maximum absolute atomic E-state index is 15.1. The van der Waals surface area contributed by atoms with E-state index in [9.17, 15) is 4.79 Å². The molecule has 1 fully saturated rings. The van der Waals surface area contributed by atoms with Gasteiger partial charge in [-0.25, -0.2) is 14.4 Å². The van der Waals surface area contributed by atoms with Gasteiger partial charge >= 0.3 is 0 Å². The number of hydrogen-bond donors (Lipinski definition) is 3. The molecule has 174 valence electrons. The van der Waals surface area contributed by atoms with Crippen molar-refractivity contribution in [3.05, 3.63) is 34.4 Å². The molecule has 1 aliphatic heterocycles. The summed E-state index contributed by atoms with van der Waals surface area (Å²) in [5.41, 5.74) is 7.35. The Labute approximate surface area is 193 Å². The number of aromatic nitrogens is 6. The maximum Gasteiger partial charge on any atom is 0.220 e. The molecule has 13 heteroatoms. The summed E-state index contributed by atoms with van der Waals surface area (Å²) < 4.78 is 21.0. The number of benzene rings is 1. The Morgan fingerprint density at radius 3 is 2.88 bits per heavy atom. The molecule has 1 aliphatic rings. The first-order chi connectivity index (χ1) is 15.8. The summed E-state index contributed by atoms with van der Waals surface area (Å²) in [7, 11) is 1.63. The van der Waals surface area contributed by atoms with E-state index in [4.69, 9.17) is 22.1 Å². The number of amides is 1. The van der Waals surface area contributed by atoms with Crippen molar-refractivity contribution in [2.75, 3.05) is 24.2 Å². The van der Waals surface area contributed by atoms with Crippen molar-refractivity contribution >= 4 is 29.1 Å². The number of carbonyl (C=O) groups is 1. The molecule has 33 heavy (non-hydrogen) atoms. The van der Waals surface area contributed by atoms with Gasteiger partial charge in [-0.05, 0) is 25.1 Å². The van der Waals surface area contributed by atoms with Crippen molar-refractivity contribution in [2.45, 2.75) is 32.2 Å². The summed E-state index contributed by atoms with van der Waals surface area (Å²) in [6.07, 6.45) is 1.47. The third-order valence-electron chi connectivity index (χ3n) is 5.34. The maximum atomic E-state index is 15.1. The highest BCUT2D eigenvalue weighted by Crippen LogP contribution is 2.42. The second-order valence-corrected chi connectivity index (χ2v) is 8.00. The highest BCUT2D eigenvalue weighted by Gasteiger charge is 2.32. The summed E-state index contributed by atoms with van der Waals surface area (Å²) in [6, 6.07) is 1.07. The van der Waals surface area contributed by atoms with E-state index in [2.05, 4.69) is 36.0 Å². The van der Waals surface area contributed by atoms with Crippen LogP contribution in [0.15, 0.2) is 12.4 Å². The van der Waals surface area contributed by atoms with Crippen molar-refractivity contribution < 1.29 is 13.9 Å². The lowest BCUT2D eigenvalue weighted by Crippen LogP contribution is -2.17. The minimum atomic E-state index is -0.590. The highest BCUT2D eigenvalue weighted by molar-refractivity contribution is 6.31.